The lowest BCUT2D eigenvalue weighted by Gasteiger charge is -2.16. The lowest BCUT2D eigenvalue weighted by atomic mass is 10.0. The number of hydrogen-bond donors (Lipinski definition) is 4. The van der Waals surface area contributed by atoms with Gasteiger partial charge in [-0.2, -0.15) is 0 Å². The molecule has 2 rings (SSSR count). The zero-order valence-corrected chi connectivity index (χ0v) is 13.9. The highest BCUT2D eigenvalue weighted by Gasteiger charge is 2.20. The number of rotatable bonds is 8. The Labute approximate surface area is 139 Å². The van der Waals surface area contributed by atoms with Gasteiger partial charge in [-0.15, -0.1) is 0 Å². The van der Waals surface area contributed by atoms with Crippen LogP contribution in [-0.2, 0) is 16.0 Å². The average molecular weight is 333 g/mol. The Kier molecular flexibility index (Phi) is 5.78. The van der Waals surface area contributed by atoms with Crippen LogP contribution >= 0.6 is 0 Å². The van der Waals surface area contributed by atoms with Crippen molar-refractivity contribution in [2.24, 2.45) is 5.92 Å². The van der Waals surface area contributed by atoms with Gasteiger partial charge in [0.1, 0.15) is 6.04 Å². The summed E-state index contributed by atoms with van der Waals surface area (Å²) >= 11 is 0. The fourth-order valence-corrected chi connectivity index (χ4v) is 2.65. The second kappa shape index (κ2) is 7.81. The number of carboxylic acid groups (broad SMARTS) is 1. The fourth-order valence-electron chi connectivity index (χ4n) is 2.65. The van der Waals surface area contributed by atoms with Crippen molar-refractivity contribution in [2.75, 3.05) is 0 Å². The number of carbonyl (C=O) groups excluding carboxylic acids is 1. The molecule has 1 aromatic carbocycles. The normalized spacial score (nSPS) is 12.5. The number of benzene rings is 1. The van der Waals surface area contributed by atoms with Crippen LogP contribution in [0, 0.1) is 5.92 Å². The summed E-state index contributed by atoms with van der Waals surface area (Å²) in [5.74, 6) is -1.06. The standard InChI is InChI=1S/C17H23N3O4/c1-10(2)8-14(16(22)23)18-15(21)5-3-4-11-6-7-12-13(9-11)20-17(24)19-12/h6-7,9-10,14H,3-5,8H2,1-2H3,(H,18,21)(H,22,23)(H2,19,20,24)/t14-/m1/s1. The summed E-state index contributed by atoms with van der Waals surface area (Å²) in [5.41, 5.74) is 2.26. The molecule has 1 amide bonds. The zero-order chi connectivity index (χ0) is 17.7. The molecule has 7 nitrogen and oxygen atoms in total. The molecule has 130 valence electrons. The lowest BCUT2D eigenvalue weighted by Crippen LogP contribution is -2.41. The van der Waals surface area contributed by atoms with Crippen molar-refractivity contribution in [2.45, 2.75) is 45.6 Å². The number of hydrogen-bond acceptors (Lipinski definition) is 3. The summed E-state index contributed by atoms with van der Waals surface area (Å²) in [6.45, 7) is 3.84. The van der Waals surface area contributed by atoms with E-state index in [4.69, 9.17) is 5.11 Å². The molecule has 7 heteroatoms. The van der Waals surface area contributed by atoms with Crippen molar-refractivity contribution >= 4 is 22.9 Å². The first-order chi connectivity index (χ1) is 11.3. The van der Waals surface area contributed by atoms with Crippen LogP contribution in [0.5, 0.6) is 0 Å². The lowest BCUT2D eigenvalue weighted by molar-refractivity contribution is -0.142. The van der Waals surface area contributed by atoms with Crippen LogP contribution < -0.4 is 11.0 Å². The third-order valence-corrected chi connectivity index (χ3v) is 3.79. The van der Waals surface area contributed by atoms with Crippen LogP contribution in [0.4, 0.5) is 0 Å². The molecular formula is C17H23N3O4. The predicted octanol–water partition coefficient (Wildman–Crippen LogP) is 1.79. The van der Waals surface area contributed by atoms with E-state index in [1.165, 1.54) is 0 Å². The summed E-state index contributed by atoms with van der Waals surface area (Å²) in [7, 11) is 0. The number of H-pyrrole nitrogens is 2. The van der Waals surface area contributed by atoms with Crippen LogP contribution in [0.3, 0.4) is 0 Å². The van der Waals surface area contributed by atoms with Gasteiger partial charge in [0.2, 0.25) is 5.91 Å². The molecule has 0 bridgehead atoms. The van der Waals surface area contributed by atoms with E-state index in [1.54, 1.807) is 0 Å². The molecule has 0 spiro atoms. The Morgan fingerprint density at radius 2 is 1.92 bits per heavy atom. The molecule has 0 aliphatic rings. The van der Waals surface area contributed by atoms with Crippen molar-refractivity contribution in [3.05, 3.63) is 34.2 Å². The first kappa shape index (κ1) is 17.8. The van der Waals surface area contributed by atoms with E-state index in [-0.39, 0.29) is 23.9 Å². The van der Waals surface area contributed by atoms with E-state index in [9.17, 15) is 14.4 Å². The average Bonchev–Trinajstić information content (AvgIpc) is 2.85. The zero-order valence-electron chi connectivity index (χ0n) is 13.9. The second-order valence-corrected chi connectivity index (χ2v) is 6.40. The van der Waals surface area contributed by atoms with E-state index in [0.29, 0.717) is 19.3 Å². The number of carbonyl (C=O) groups is 2. The second-order valence-electron chi connectivity index (χ2n) is 6.40. The predicted molar refractivity (Wildman–Crippen MR) is 90.9 cm³/mol. The maximum Gasteiger partial charge on any atom is 0.326 e. The van der Waals surface area contributed by atoms with Crippen molar-refractivity contribution in [3.8, 4) is 0 Å². The van der Waals surface area contributed by atoms with Crippen molar-refractivity contribution in [3.63, 3.8) is 0 Å². The van der Waals surface area contributed by atoms with Gasteiger partial charge in [-0.25, -0.2) is 9.59 Å². The molecular weight excluding hydrogens is 310 g/mol. The number of aromatic amines is 2. The van der Waals surface area contributed by atoms with Crippen molar-refractivity contribution in [1.29, 1.82) is 0 Å². The van der Waals surface area contributed by atoms with Crippen molar-refractivity contribution in [1.82, 2.24) is 15.3 Å². The fraction of sp³-hybridized carbons (Fsp3) is 0.471. The van der Waals surface area contributed by atoms with Crippen molar-refractivity contribution < 1.29 is 14.7 Å². The molecule has 0 radical (unpaired) electrons. The van der Waals surface area contributed by atoms with Gasteiger partial charge in [-0.1, -0.05) is 19.9 Å². The molecule has 24 heavy (non-hydrogen) atoms. The molecule has 0 aliphatic heterocycles. The molecule has 0 fully saturated rings. The van der Waals surface area contributed by atoms with E-state index < -0.39 is 12.0 Å². The molecule has 1 atom stereocenters. The van der Waals surface area contributed by atoms with E-state index in [0.717, 1.165) is 16.6 Å². The van der Waals surface area contributed by atoms with Crippen LogP contribution in [0.25, 0.3) is 11.0 Å². The third kappa shape index (κ3) is 4.97. The summed E-state index contributed by atoms with van der Waals surface area (Å²) < 4.78 is 0. The summed E-state index contributed by atoms with van der Waals surface area (Å²) in [6.07, 6.45) is 1.97. The molecule has 1 aromatic heterocycles. The minimum atomic E-state index is -1.00. The molecule has 0 aliphatic carbocycles. The highest BCUT2D eigenvalue weighted by Crippen LogP contribution is 2.13. The third-order valence-electron chi connectivity index (χ3n) is 3.79. The number of imidazole rings is 1. The van der Waals surface area contributed by atoms with Crippen LogP contribution in [0.15, 0.2) is 23.0 Å². The van der Waals surface area contributed by atoms with E-state index in [2.05, 4.69) is 15.3 Å². The maximum absolute atomic E-state index is 11.9. The quantitative estimate of drug-likeness (QED) is 0.589. The molecule has 0 unspecified atom stereocenters. The summed E-state index contributed by atoms with van der Waals surface area (Å²) in [5, 5.41) is 11.7. The summed E-state index contributed by atoms with van der Waals surface area (Å²) in [4.78, 5) is 39.7. The molecule has 0 saturated heterocycles. The first-order valence-electron chi connectivity index (χ1n) is 8.08. The van der Waals surface area contributed by atoms with Gasteiger partial charge in [0.15, 0.2) is 0 Å². The Balaban J connectivity index is 1.84. The number of amides is 1. The number of fused-ring (bicyclic) bond motifs is 1. The van der Waals surface area contributed by atoms with Gasteiger partial charge < -0.3 is 20.4 Å². The first-order valence-corrected chi connectivity index (χ1v) is 8.08. The number of nitrogens with one attached hydrogen (secondary N) is 3. The number of aryl methyl sites for hydroxylation is 1. The number of aromatic nitrogens is 2. The van der Waals surface area contributed by atoms with Gasteiger partial charge in [0.25, 0.3) is 0 Å². The number of carboxylic acids is 1. The minimum Gasteiger partial charge on any atom is -0.480 e. The van der Waals surface area contributed by atoms with Crippen LogP contribution in [-0.4, -0.2) is 33.0 Å². The molecule has 0 saturated carbocycles. The van der Waals surface area contributed by atoms with Gasteiger partial charge in [-0.05, 0) is 42.9 Å². The Hall–Kier alpha value is -2.57. The molecule has 4 N–H and O–H groups in total. The summed E-state index contributed by atoms with van der Waals surface area (Å²) in [6, 6.07) is 4.78. The maximum atomic E-state index is 11.9. The Morgan fingerprint density at radius 3 is 2.58 bits per heavy atom. The van der Waals surface area contributed by atoms with Gasteiger partial charge in [-0.3, -0.25) is 4.79 Å². The molecule has 1 heterocycles. The largest absolute Gasteiger partial charge is 0.480 e. The monoisotopic (exact) mass is 333 g/mol. The van der Waals surface area contributed by atoms with Crippen LogP contribution in [0.1, 0.15) is 38.7 Å². The van der Waals surface area contributed by atoms with Gasteiger partial charge >= 0.3 is 11.7 Å². The smallest absolute Gasteiger partial charge is 0.326 e. The Morgan fingerprint density at radius 1 is 1.21 bits per heavy atom. The van der Waals surface area contributed by atoms with Gasteiger partial charge in [0.05, 0.1) is 11.0 Å². The number of aliphatic carboxylic acids is 1. The van der Waals surface area contributed by atoms with E-state index >= 15 is 0 Å². The molecule has 2 aromatic rings. The van der Waals surface area contributed by atoms with E-state index in [1.807, 2.05) is 32.0 Å². The van der Waals surface area contributed by atoms with Crippen LogP contribution in [0.2, 0.25) is 0 Å². The topological polar surface area (TPSA) is 115 Å². The highest BCUT2D eigenvalue weighted by atomic mass is 16.4. The highest BCUT2D eigenvalue weighted by molar-refractivity contribution is 5.83. The SMILES string of the molecule is CC(C)C[C@@H](NC(=O)CCCc1ccc2[nH]c(=O)[nH]c2c1)C(=O)O. The Bertz CT molecular complexity index is 775. The van der Waals surface area contributed by atoms with Gasteiger partial charge in [0, 0.05) is 6.42 Å². The minimum absolute atomic E-state index is 0.196.